The molecule has 0 saturated heterocycles. The van der Waals surface area contributed by atoms with Gasteiger partial charge in [0.25, 0.3) is 5.91 Å². The van der Waals surface area contributed by atoms with Crippen molar-refractivity contribution < 1.29 is 14.3 Å². The summed E-state index contributed by atoms with van der Waals surface area (Å²) in [6.07, 6.45) is 1.60. The van der Waals surface area contributed by atoms with Crippen molar-refractivity contribution in [2.24, 2.45) is 0 Å². The Morgan fingerprint density at radius 3 is 2.61 bits per heavy atom. The van der Waals surface area contributed by atoms with E-state index in [9.17, 15) is 4.79 Å². The van der Waals surface area contributed by atoms with E-state index in [1.807, 2.05) is 32.9 Å². The van der Waals surface area contributed by atoms with Crippen molar-refractivity contribution in [3.05, 3.63) is 58.0 Å². The molecule has 1 N–H and O–H groups in total. The molecule has 8 heteroatoms. The van der Waals surface area contributed by atoms with Crippen molar-refractivity contribution in [1.29, 1.82) is 0 Å². The van der Waals surface area contributed by atoms with Crippen LogP contribution in [0, 0.1) is 13.8 Å². The number of aromatic nitrogens is 3. The number of benzene rings is 1. The number of rotatable bonds is 6. The number of carbonyl (C=O) groups excluding carboxylic acids is 1. The fourth-order valence-electron chi connectivity index (χ4n) is 2.78. The van der Waals surface area contributed by atoms with Crippen LogP contribution in [0.15, 0.2) is 41.0 Å². The fraction of sp³-hybridized carbons (Fsp3) is 0.250. The number of aryl methyl sites for hydroxylation is 2. The average Bonchev–Trinajstić information content (AvgIpc) is 3.02. The zero-order valence-electron chi connectivity index (χ0n) is 16.1. The molecule has 1 amide bonds. The van der Waals surface area contributed by atoms with Crippen LogP contribution in [0.25, 0.3) is 5.82 Å². The molecule has 0 fully saturated rings. The molecular weight excluding hydrogens is 424 g/mol. The minimum absolute atomic E-state index is 0.275. The highest BCUT2D eigenvalue weighted by atomic mass is 79.9. The van der Waals surface area contributed by atoms with E-state index in [1.54, 1.807) is 29.1 Å². The van der Waals surface area contributed by atoms with Crippen LogP contribution in [-0.4, -0.2) is 34.4 Å². The van der Waals surface area contributed by atoms with Gasteiger partial charge in [-0.3, -0.25) is 4.79 Å². The summed E-state index contributed by atoms with van der Waals surface area (Å²) in [6.45, 7) is 6.28. The van der Waals surface area contributed by atoms with E-state index < -0.39 is 0 Å². The quantitative estimate of drug-likeness (QED) is 0.612. The topological polar surface area (TPSA) is 78.3 Å². The lowest BCUT2D eigenvalue weighted by molar-refractivity contribution is 0.102. The Labute approximate surface area is 171 Å². The molecule has 1 aromatic carbocycles. The molecule has 0 aliphatic rings. The molecule has 0 unspecified atom stereocenters. The van der Waals surface area contributed by atoms with Crippen LogP contribution >= 0.6 is 15.9 Å². The Morgan fingerprint density at radius 1 is 1.25 bits per heavy atom. The lowest BCUT2D eigenvalue weighted by atomic mass is 10.2. The molecule has 2 aromatic heterocycles. The Balaban J connectivity index is 1.79. The van der Waals surface area contributed by atoms with E-state index in [0.717, 1.165) is 11.4 Å². The van der Waals surface area contributed by atoms with Gasteiger partial charge in [-0.05, 0) is 67.0 Å². The van der Waals surface area contributed by atoms with Crippen molar-refractivity contribution in [3.8, 4) is 17.3 Å². The summed E-state index contributed by atoms with van der Waals surface area (Å²) in [5.41, 5.74) is 2.94. The molecule has 3 rings (SSSR count). The molecule has 0 spiro atoms. The number of pyridine rings is 1. The van der Waals surface area contributed by atoms with Crippen LogP contribution in [0.2, 0.25) is 0 Å². The van der Waals surface area contributed by atoms with Crippen LogP contribution in [0.5, 0.6) is 11.5 Å². The third-order valence-electron chi connectivity index (χ3n) is 4.01. The maximum Gasteiger partial charge on any atom is 0.255 e. The number of hydrogen-bond donors (Lipinski definition) is 1. The smallest absolute Gasteiger partial charge is 0.255 e. The van der Waals surface area contributed by atoms with Crippen molar-refractivity contribution in [1.82, 2.24) is 14.8 Å². The highest BCUT2D eigenvalue weighted by Crippen LogP contribution is 2.36. The van der Waals surface area contributed by atoms with Crippen molar-refractivity contribution in [2.45, 2.75) is 20.8 Å². The predicted octanol–water partition coefficient (Wildman–Crippen LogP) is 4.31. The van der Waals surface area contributed by atoms with Crippen molar-refractivity contribution in [2.75, 3.05) is 19.0 Å². The Morgan fingerprint density at radius 2 is 2.04 bits per heavy atom. The highest BCUT2D eigenvalue weighted by Gasteiger charge is 2.16. The van der Waals surface area contributed by atoms with Gasteiger partial charge < -0.3 is 14.8 Å². The summed E-state index contributed by atoms with van der Waals surface area (Å²) in [5.74, 6) is 1.47. The standard InChI is InChI=1S/C20H21BrN4O3/c1-5-28-19-16(21)9-14(10-17(19)27-4)20(26)23-15-6-7-18(22-11-15)25-13(3)8-12(2)24-25/h6-11H,5H2,1-4H3,(H,23,26). The average molecular weight is 445 g/mol. The first-order valence-corrected chi connectivity index (χ1v) is 9.53. The second kappa shape index (κ2) is 8.43. The maximum atomic E-state index is 12.6. The second-order valence-electron chi connectivity index (χ2n) is 6.12. The van der Waals surface area contributed by atoms with E-state index >= 15 is 0 Å². The van der Waals surface area contributed by atoms with Gasteiger partial charge in [0.2, 0.25) is 0 Å². The normalized spacial score (nSPS) is 10.6. The van der Waals surface area contributed by atoms with Gasteiger partial charge in [0.05, 0.1) is 35.8 Å². The largest absolute Gasteiger partial charge is 0.493 e. The number of nitrogens with one attached hydrogen (secondary N) is 1. The molecule has 0 aliphatic carbocycles. The monoisotopic (exact) mass is 444 g/mol. The molecule has 7 nitrogen and oxygen atoms in total. The number of methoxy groups -OCH3 is 1. The van der Waals surface area contributed by atoms with Crippen LogP contribution in [-0.2, 0) is 0 Å². The van der Waals surface area contributed by atoms with Gasteiger partial charge in [-0.25, -0.2) is 9.67 Å². The number of hydrogen-bond acceptors (Lipinski definition) is 5. The first-order valence-electron chi connectivity index (χ1n) is 8.74. The van der Waals surface area contributed by atoms with Crippen LogP contribution in [0.3, 0.4) is 0 Å². The van der Waals surface area contributed by atoms with E-state index in [1.165, 1.54) is 7.11 Å². The van der Waals surface area contributed by atoms with Gasteiger partial charge in [0.15, 0.2) is 17.3 Å². The van der Waals surface area contributed by atoms with E-state index in [2.05, 4.69) is 31.3 Å². The van der Waals surface area contributed by atoms with Gasteiger partial charge in [-0.2, -0.15) is 5.10 Å². The van der Waals surface area contributed by atoms with Gasteiger partial charge in [0.1, 0.15) is 0 Å². The summed E-state index contributed by atoms with van der Waals surface area (Å²) in [6, 6.07) is 8.92. The van der Waals surface area contributed by atoms with E-state index in [4.69, 9.17) is 9.47 Å². The summed E-state index contributed by atoms with van der Waals surface area (Å²) < 4.78 is 13.3. The van der Waals surface area contributed by atoms with Gasteiger partial charge in [-0.15, -0.1) is 0 Å². The minimum Gasteiger partial charge on any atom is -0.493 e. The first-order chi connectivity index (χ1) is 13.4. The number of amides is 1. The van der Waals surface area contributed by atoms with Gasteiger partial charge in [0, 0.05) is 11.3 Å². The van der Waals surface area contributed by atoms with E-state index in [-0.39, 0.29) is 5.91 Å². The minimum atomic E-state index is -0.275. The second-order valence-corrected chi connectivity index (χ2v) is 6.97. The molecule has 0 atom stereocenters. The molecule has 0 aliphatic heterocycles. The molecule has 2 heterocycles. The maximum absolute atomic E-state index is 12.6. The lowest BCUT2D eigenvalue weighted by Crippen LogP contribution is -2.13. The summed E-state index contributed by atoms with van der Waals surface area (Å²) in [4.78, 5) is 17.0. The van der Waals surface area contributed by atoms with Gasteiger partial charge in [-0.1, -0.05) is 0 Å². The number of carbonyl (C=O) groups is 1. The van der Waals surface area contributed by atoms with Crippen LogP contribution in [0.1, 0.15) is 28.7 Å². The van der Waals surface area contributed by atoms with Crippen LogP contribution in [0.4, 0.5) is 5.69 Å². The number of halogens is 1. The number of ether oxygens (including phenoxy) is 2. The molecule has 28 heavy (non-hydrogen) atoms. The van der Waals surface area contributed by atoms with E-state index in [0.29, 0.717) is 39.6 Å². The highest BCUT2D eigenvalue weighted by molar-refractivity contribution is 9.10. The third-order valence-corrected chi connectivity index (χ3v) is 4.60. The zero-order valence-corrected chi connectivity index (χ0v) is 17.7. The molecule has 3 aromatic rings. The fourth-order valence-corrected chi connectivity index (χ4v) is 3.34. The SMILES string of the molecule is CCOc1c(Br)cc(C(=O)Nc2ccc(-n3nc(C)cc3C)nc2)cc1OC. The molecule has 0 bridgehead atoms. The summed E-state index contributed by atoms with van der Waals surface area (Å²) in [7, 11) is 1.54. The molecule has 0 radical (unpaired) electrons. The zero-order chi connectivity index (χ0) is 20.3. The predicted molar refractivity (Wildman–Crippen MR) is 111 cm³/mol. The Hall–Kier alpha value is -2.87. The Kier molecular flexibility index (Phi) is 5.99. The van der Waals surface area contributed by atoms with Crippen LogP contribution < -0.4 is 14.8 Å². The molecular formula is C20H21BrN4O3. The first kappa shape index (κ1) is 19.9. The number of nitrogens with zero attached hydrogens (tertiary/aromatic N) is 3. The summed E-state index contributed by atoms with van der Waals surface area (Å²) in [5, 5.41) is 7.25. The summed E-state index contributed by atoms with van der Waals surface area (Å²) >= 11 is 3.43. The lowest BCUT2D eigenvalue weighted by Gasteiger charge is -2.13. The molecule has 0 saturated carbocycles. The van der Waals surface area contributed by atoms with Gasteiger partial charge >= 0.3 is 0 Å². The molecule has 146 valence electrons. The Bertz CT molecular complexity index is 999. The van der Waals surface area contributed by atoms with Crippen molar-refractivity contribution in [3.63, 3.8) is 0 Å². The number of anilines is 1. The third kappa shape index (κ3) is 4.17. The van der Waals surface area contributed by atoms with Crippen molar-refractivity contribution >= 4 is 27.5 Å².